The molecular formula is C28H28N4O5. The van der Waals surface area contributed by atoms with E-state index in [0.29, 0.717) is 46.9 Å². The summed E-state index contributed by atoms with van der Waals surface area (Å²) in [4.78, 5) is 44.2. The summed E-state index contributed by atoms with van der Waals surface area (Å²) in [7, 11) is 3.84. The number of amides is 2. The first-order valence-corrected chi connectivity index (χ1v) is 11.7. The average molecular weight is 501 g/mol. The number of anilines is 2. The minimum absolute atomic E-state index is 0.0877. The number of aryl methyl sites for hydroxylation is 1. The Morgan fingerprint density at radius 2 is 1.76 bits per heavy atom. The molecule has 3 aromatic rings. The monoisotopic (exact) mass is 500 g/mol. The first kappa shape index (κ1) is 25.6. The highest BCUT2D eigenvalue weighted by Crippen LogP contribution is 2.38. The van der Waals surface area contributed by atoms with E-state index in [4.69, 9.17) is 4.84 Å². The van der Waals surface area contributed by atoms with Crippen LogP contribution in [0.2, 0.25) is 0 Å². The van der Waals surface area contributed by atoms with E-state index in [0.717, 1.165) is 11.1 Å². The Hall–Kier alpha value is -4.47. The van der Waals surface area contributed by atoms with Crippen LogP contribution in [0.3, 0.4) is 0 Å². The van der Waals surface area contributed by atoms with Crippen molar-refractivity contribution in [3.05, 3.63) is 94.5 Å². The molecule has 1 aliphatic rings. The van der Waals surface area contributed by atoms with E-state index in [1.54, 1.807) is 18.2 Å². The van der Waals surface area contributed by atoms with Crippen molar-refractivity contribution in [2.24, 2.45) is 0 Å². The average Bonchev–Trinajstić information content (AvgIpc) is 3.20. The topological polar surface area (TPSA) is 120 Å². The van der Waals surface area contributed by atoms with Gasteiger partial charge >= 0.3 is 5.97 Å². The maximum absolute atomic E-state index is 13.1. The molecule has 2 amide bonds. The second-order valence-corrected chi connectivity index (χ2v) is 8.87. The number of carboxylic acids is 1. The number of hydrogen-bond acceptors (Lipinski definition) is 6. The summed E-state index contributed by atoms with van der Waals surface area (Å²) in [6.07, 6.45) is 0. The Bertz CT molecular complexity index is 1380. The summed E-state index contributed by atoms with van der Waals surface area (Å²) in [5.41, 5.74) is 7.19. The molecule has 4 N–H and O–H groups in total. The number of aromatic carboxylic acids is 1. The van der Waals surface area contributed by atoms with Crippen molar-refractivity contribution in [2.75, 3.05) is 37.9 Å². The largest absolute Gasteiger partial charge is 0.478 e. The molecule has 0 aliphatic carbocycles. The van der Waals surface area contributed by atoms with Crippen LogP contribution in [-0.2, 0) is 9.63 Å². The lowest BCUT2D eigenvalue weighted by atomic mass is 9.98. The number of nitrogens with one attached hydrogen (secondary N) is 3. The number of nitrogens with zero attached hydrogens (tertiary/aromatic N) is 1. The van der Waals surface area contributed by atoms with Crippen LogP contribution in [0.4, 0.5) is 11.4 Å². The first-order chi connectivity index (χ1) is 17.7. The predicted molar refractivity (Wildman–Crippen MR) is 142 cm³/mol. The summed E-state index contributed by atoms with van der Waals surface area (Å²) >= 11 is 0. The van der Waals surface area contributed by atoms with Gasteiger partial charge in [-0.2, -0.15) is 0 Å². The Labute approximate surface area is 214 Å². The van der Waals surface area contributed by atoms with Crippen LogP contribution in [0.25, 0.3) is 11.3 Å². The molecule has 0 radical (unpaired) electrons. The molecule has 1 aliphatic heterocycles. The molecule has 190 valence electrons. The second kappa shape index (κ2) is 11.1. The Kier molecular flexibility index (Phi) is 7.66. The molecule has 0 spiro atoms. The molecule has 0 unspecified atom stereocenters. The van der Waals surface area contributed by atoms with E-state index in [9.17, 15) is 19.5 Å². The van der Waals surface area contributed by atoms with E-state index in [1.165, 1.54) is 12.1 Å². The number of rotatable bonds is 9. The Morgan fingerprint density at radius 3 is 2.43 bits per heavy atom. The highest BCUT2D eigenvalue weighted by Gasteiger charge is 2.29. The lowest BCUT2D eigenvalue weighted by Gasteiger charge is -2.16. The van der Waals surface area contributed by atoms with Gasteiger partial charge in [-0.15, -0.1) is 0 Å². The van der Waals surface area contributed by atoms with Crippen molar-refractivity contribution in [2.45, 2.75) is 6.92 Å². The van der Waals surface area contributed by atoms with Crippen molar-refractivity contribution in [1.29, 1.82) is 0 Å². The maximum Gasteiger partial charge on any atom is 0.335 e. The van der Waals surface area contributed by atoms with Gasteiger partial charge in [0.2, 0.25) is 0 Å². The molecule has 0 bridgehead atoms. The van der Waals surface area contributed by atoms with Crippen LogP contribution >= 0.6 is 0 Å². The second-order valence-electron chi connectivity index (χ2n) is 8.87. The fraction of sp³-hybridized carbons (Fsp3) is 0.179. The Morgan fingerprint density at radius 1 is 1.00 bits per heavy atom. The number of carboxylic acid groups (broad SMARTS) is 1. The number of fused-ring (bicyclic) bond motifs is 1. The summed E-state index contributed by atoms with van der Waals surface area (Å²) in [5, 5.41) is 15.5. The number of carbonyl (C=O) groups is 3. The summed E-state index contributed by atoms with van der Waals surface area (Å²) in [5.74, 6) is -1.76. The quantitative estimate of drug-likeness (QED) is 0.200. The molecule has 0 fully saturated rings. The summed E-state index contributed by atoms with van der Waals surface area (Å²) < 4.78 is 0. The lowest BCUT2D eigenvalue weighted by Crippen LogP contribution is -2.28. The standard InChI is InChI=1S/C28H28N4O5/c1-17-15-20(10-12-21(17)26(33)31-37-14-13-32(2)3)29-25(18-7-5-4-6-8-18)24-22-11-9-19(28(35)36)16-23(22)30-27(24)34/h4-12,15-16,29H,13-14H2,1-3H3,(H,30,34)(H,31,33)(H,35,36). The van der Waals surface area contributed by atoms with Gasteiger partial charge in [-0.3, -0.25) is 14.4 Å². The van der Waals surface area contributed by atoms with Crippen LogP contribution in [0, 0.1) is 6.92 Å². The number of likely N-dealkylation sites (N-methyl/N-ethyl adjacent to an activating group) is 1. The van der Waals surface area contributed by atoms with Crippen LogP contribution in [0.15, 0.2) is 66.7 Å². The molecule has 9 heteroatoms. The fourth-order valence-corrected chi connectivity index (χ4v) is 3.98. The van der Waals surface area contributed by atoms with Gasteiger partial charge in [-0.25, -0.2) is 10.3 Å². The van der Waals surface area contributed by atoms with Gasteiger partial charge < -0.3 is 20.6 Å². The number of hydroxylamine groups is 1. The third-order valence-electron chi connectivity index (χ3n) is 5.87. The number of hydrogen-bond donors (Lipinski definition) is 4. The Balaban J connectivity index is 1.66. The van der Waals surface area contributed by atoms with E-state index >= 15 is 0 Å². The predicted octanol–water partition coefficient (Wildman–Crippen LogP) is 3.85. The van der Waals surface area contributed by atoms with Crippen molar-refractivity contribution < 1.29 is 24.3 Å². The molecule has 3 aromatic carbocycles. The molecule has 0 saturated carbocycles. The van der Waals surface area contributed by atoms with Gasteiger partial charge in [0, 0.05) is 23.4 Å². The molecule has 0 aromatic heterocycles. The molecule has 9 nitrogen and oxygen atoms in total. The van der Waals surface area contributed by atoms with Gasteiger partial charge in [0.05, 0.1) is 29.1 Å². The fourth-order valence-electron chi connectivity index (χ4n) is 3.98. The van der Waals surface area contributed by atoms with Crippen molar-refractivity contribution in [1.82, 2.24) is 10.4 Å². The van der Waals surface area contributed by atoms with Crippen molar-refractivity contribution in [3.63, 3.8) is 0 Å². The molecule has 1 heterocycles. The van der Waals surface area contributed by atoms with E-state index in [1.807, 2.05) is 62.3 Å². The van der Waals surface area contributed by atoms with Gasteiger partial charge in [0.15, 0.2) is 0 Å². The smallest absolute Gasteiger partial charge is 0.335 e. The van der Waals surface area contributed by atoms with E-state index < -0.39 is 5.97 Å². The number of benzene rings is 3. The molecular weight excluding hydrogens is 472 g/mol. The SMILES string of the molecule is Cc1cc(NC(=C2C(=O)Nc3cc(C(=O)O)ccc32)c2ccccc2)ccc1C(=O)NOCCN(C)C. The zero-order chi connectivity index (χ0) is 26.5. The van der Waals surface area contributed by atoms with E-state index in [-0.39, 0.29) is 17.4 Å². The minimum Gasteiger partial charge on any atom is -0.478 e. The van der Waals surface area contributed by atoms with Crippen molar-refractivity contribution >= 4 is 40.4 Å². The maximum atomic E-state index is 13.1. The van der Waals surface area contributed by atoms with Gasteiger partial charge in [-0.1, -0.05) is 36.4 Å². The van der Waals surface area contributed by atoms with Crippen LogP contribution in [0.5, 0.6) is 0 Å². The normalized spacial score (nSPS) is 13.7. The first-order valence-electron chi connectivity index (χ1n) is 11.7. The number of carbonyl (C=O) groups excluding carboxylic acids is 2. The van der Waals surface area contributed by atoms with Crippen LogP contribution in [0.1, 0.15) is 37.4 Å². The minimum atomic E-state index is -1.07. The third kappa shape index (κ3) is 5.85. The zero-order valence-electron chi connectivity index (χ0n) is 20.8. The highest BCUT2D eigenvalue weighted by atomic mass is 16.6. The van der Waals surface area contributed by atoms with E-state index in [2.05, 4.69) is 16.1 Å². The van der Waals surface area contributed by atoms with Gasteiger partial charge in [0.25, 0.3) is 11.8 Å². The molecule has 4 rings (SSSR count). The molecule has 0 saturated heterocycles. The lowest BCUT2D eigenvalue weighted by molar-refractivity contribution is -0.110. The highest BCUT2D eigenvalue weighted by molar-refractivity contribution is 6.37. The summed E-state index contributed by atoms with van der Waals surface area (Å²) in [6, 6.07) is 19.2. The van der Waals surface area contributed by atoms with Gasteiger partial charge in [-0.05, 0) is 62.5 Å². The van der Waals surface area contributed by atoms with Gasteiger partial charge in [0.1, 0.15) is 0 Å². The molecule has 0 atom stereocenters. The van der Waals surface area contributed by atoms with Crippen molar-refractivity contribution in [3.8, 4) is 0 Å². The third-order valence-corrected chi connectivity index (χ3v) is 5.87. The molecule has 37 heavy (non-hydrogen) atoms. The summed E-state index contributed by atoms with van der Waals surface area (Å²) in [6.45, 7) is 2.86. The zero-order valence-corrected chi connectivity index (χ0v) is 20.8. The van der Waals surface area contributed by atoms with Crippen LogP contribution in [-0.4, -0.2) is 55.0 Å². The van der Waals surface area contributed by atoms with Crippen LogP contribution < -0.4 is 16.1 Å².